The first-order valence-corrected chi connectivity index (χ1v) is 3.92. The molecule has 0 radical (unpaired) electrons. The Morgan fingerprint density at radius 2 is 1.90 bits per heavy atom. The molecule has 0 saturated heterocycles. The van der Waals surface area contributed by atoms with Crippen molar-refractivity contribution in [2.75, 3.05) is 13.6 Å². The molecule has 0 aliphatic heterocycles. The lowest BCUT2D eigenvalue weighted by molar-refractivity contribution is 0.678. The molecule has 0 heterocycles. The van der Waals surface area contributed by atoms with Crippen LogP contribution in [0.1, 0.15) is 20.8 Å². The van der Waals surface area contributed by atoms with E-state index in [2.05, 4.69) is 16.2 Å². The third-order valence-corrected chi connectivity index (χ3v) is 0.912. The summed E-state index contributed by atoms with van der Waals surface area (Å²) in [5, 5.41) is 3.38. The molecule has 0 aromatic heterocycles. The lowest BCUT2D eigenvalue weighted by atomic mass is 10.8. The van der Waals surface area contributed by atoms with E-state index in [0.29, 0.717) is 5.11 Å². The minimum Gasteiger partial charge on any atom is -0.365 e. The topological polar surface area (TPSA) is 36.1 Å². The van der Waals surface area contributed by atoms with Gasteiger partial charge in [-0.05, 0) is 12.2 Å². The first-order chi connectivity index (χ1) is 4.81. The lowest BCUT2D eigenvalue weighted by Gasteiger charge is -2.04. The summed E-state index contributed by atoms with van der Waals surface area (Å²) in [5.41, 5.74) is 5.60. The molecule has 0 bridgehead atoms. The smallest absolute Gasteiger partial charge is 0.180 e. The van der Waals surface area contributed by atoms with Crippen LogP contribution in [0.3, 0.4) is 0 Å². The molecule has 0 aromatic rings. The standard InChI is InChI=1S/C4H11N3S.C2H6/c1-3-6-7-4(8)5-2;1-2/h6H,3H2,1-2H3,(H2,5,7,8);1-2H3. The van der Waals surface area contributed by atoms with Crippen LogP contribution in [-0.2, 0) is 0 Å². The van der Waals surface area contributed by atoms with Crippen molar-refractivity contribution in [1.29, 1.82) is 0 Å². The van der Waals surface area contributed by atoms with Crippen LogP contribution >= 0.6 is 12.2 Å². The Hall–Kier alpha value is -0.350. The normalized spacial score (nSPS) is 7.20. The van der Waals surface area contributed by atoms with Gasteiger partial charge in [-0.3, -0.25) is 5.43 Å². The number of hydrazine groups is 1. The van der Waals surface area contributed by atoms with Crippen LogP contribution in [0.25, 0.3) is 0 Å². The number of hydrogen-bond acceptors (Lipinski definition) is 2. The monoisotopic (exact) mass is 163 g/mol. The quantitative estimate of drug-likeness (QED) is 0.412. The Morgan fingerprint density at radius 3 is 2.20 bits per heavy atom. The summed E-state index contributed by atoms with van der Waals surface area (Å²) >= 11 is 4.74. The minimum absolute atomic E-state index is 0.617. The van der Waals surface area contributed by atoms with Crippen molar-refractivity contribution in [2.24, 2.45) is 0 Å². The highest BCUT2D eigenvalue weighted by molar-refractivity contribution is 7.80. The molecule has 0 aliphatic rings. The molecule has 62 valence electrons. The van der Waals surface area contributed by atoms with Gasteiger partial charge in [-0.1, -0.05) is 20.8 Å². The lowest BCUT2D eigenvalue weighted by Crippen LogP contribution is -2.42. The molecule has 0 amide bonds. The first kappa shape index (κ1) is 12.3. The largest absolute Gasteiger partial charge is 0.365 e. The number of thiocarbonyl (C=S) groups is 1. The highest BCUT2D eigenvalue weighted by atomic mass is 32.1. The van der Waals surface area contributed by atoms with E-state index in [1.807, 2.05) is 20.8 Å². The fraction of sp³-hybridized carbons (Fsp3) is 0.833. The van der Waals surface area contributed by atoms with Crippen molar-refractivity contribution in [3.63, 3.8) is 0 Å². The molecule has 3 nitrogen and oxygen atoms in total. The van der Waals surface area contributed by atoms with Gasteiger partial charge in [0, 0.05) is 13.6 Å². The summed E-state index contributed by atoms with van der Waals surface area (Å²) in [5.74, 6) is 0. The Kier molecular flexibility index (Phi) is 14.1. The van der Waals surface area contributed by atoms with Gasteiger partial charge in [0.25, 0.3) is 0 Å². The fourth-order valence-corrected chi connectivity index (χ4v) is 0.303. The highest BCUT2D eigenvalue weighted by Crippen LogP contribution is 1.55. The summed E-state index contributed by atoms with van der Waals surface area (Å²) in [6.07, 6.45) is 0. The van der Waals surface area contributed by atoms with Gasteiger partial charge >= 0.3 is 0 Å². The maximum Gasteiger partial charge on any atom is 0.180 e. The predicted molar refractivity (Wildman–Crippen MR) is 49.8 cm³/mol. The molecular weight excluding hydrogens is 146 g/mol. The molecule has 4 heteroatoms. The molecule has 0 atom stereocenters. The summed E-state index contributed by atoms with van der Waals surface area (Å²) in [6.45, 7) is 6.85. The van der Waals surface area contributed by atoms with E-state index in [1.54, 1.807) is 7.05 Å². The molecule has 10 heavy (non-hydrogen) atoms. The average molecular weight is 163 g/mol. The van der Waals surface area contributed by atoms with Gasteiger partial charge < -0.3 is 5.32 Å². The van der Waals surface area contributed by atoms with E-state index in [1.165, 1.54) is 0 Å². The summed E-state index contributed by atoms with van der Waals surface area (Å²) in [7, 11) is 1.77. The Bertz CT molecular complexity index is 75.4. The van der Waals surface area contributed by atoms with Crippen LogP contribution in [0.4, 0.5) is 0 Å². The Labute approximate surface area is 68.5 Å². The van der Waals surface area contributed by atoms with Gasteiger partial charge in [0.1, 0.15) is 0 Å². The van der Waals surface area contributed by atoms with Crippen LogP contribution < -0.4 is 16.2 Å². The molecule has 3 N–H and O–H groups in total. The molecule has 0 fully saturated rings. The predicted octanol–water partition coefficient (Wildman–Crippen LogP) is 0.631. The summed E-state index contributed by atoms with van der Waals surface area (Å²) in [4.78, 5) is 0. The zero-order valence-electron chi connectivity index (χ0n) is 7.12. The van der Waals surface area contributed by atoms with Crippen molar-refractivity contribution in [3.05, 3.63) is 0 Å². The van der Waals surface area contributed by atoms with Gasteiger partial charge in [0.2, 0.25) is 0 Å². The second-order valence-corrected chi connectivity index (χ2v) is 1.64. The number of rotatable bonds is 2. The Morgan fingerprint density at radius 1 is 1.40 bits per heavy atom. The van der Waals surface area contributed by atoms with Crippen LogP contribution in [0.5, 0.6) is 0 Å². The second-order valence-electron chi connectivity index (χ2n) is 1.23. The van der Waals surface area contributed by atoms with Crippen LogP contribution in [0.2, 0.25) is 0 Å². The maximum absolute atomic E-state index is 4.74. The Balaban J connectivity index is 0. The van der Waals surface area contributed by atoms with Crippen molar-refractivity contribution in [2.45, 2.75) is 20.8 Å². The number of nitrogens with one attached hydrogen (secondary N) is 3. The molecule has 0 spiro atoms. The highest BCUT2D eigenvalue weighted by Gasteiger charge is 1.82. The minimum atomic E-state index is 0.617. The van der Waals surface area contributed by atoms with E-state index in [-0.39, 0.29) is 0 Å². The third kappa shape index (κ3) is 10.6. The van der Waals surface area contributed by atoms with E-state index in [4.69, 9.17) is 12.2 Å². The summed E-state index contributed by atoms with van der Waals surface area (Å²) in [6, 6.07) is 0. The van der Waals surface area contributed by atoms with E-state index >= 15 is 0 Å². The van der Waals surface area contributed by atoms with Gasteiger partial charge in [0.05, 0.1) is 0 Å². The molecule has 0 aliphatic carbocycles. The van der Waals surface area contributed by atoms with Gasteiger partial charge in [-0.25, -0.2) is 5.43 Å². The van der Waals surface area contributed by atoms with Crippen LogP contribution in [0.15, 0.2) is 0 Å². The first-order valence-electron chi connectivity index (χ1n) is 3.51. The molecule has 0 saturated carbocycles. The molecule has 0 unspecified atom stereocenters. The second kappa shape index (κ2) is 11.4. The number of hydrogen-bond donors (Lipinski definition) is 3. The van der Waals surface area contributed by atoms with Crippen molar-refractivity contribution in [1.82, 2.24) is 16.2 Å². The van der Waals surface area contributed by atoms with E-state index < -0.39 is 0 Å². The SMILES string of the molecule is CC.CCNNC(=S)NC. The average Bonchev–Trinajstić information content (AvgIpc) is 2.04. The van der Waals surface area contributed by atoms with Crippen molar-refractivity contribution in [3.8, 4) is 0 Å². The third-order valence-electron chi connectivity index (χ3n) is 0.606. The maximum atomic E-state index is 4.74. The zero-order chi connectivity index (χ0) is 8.41. The van der Waals surface area contributed by atoms with Crippen LogP contribution in [-0.4, -0.2) is 18.7 Å². The molecule has 0 rings (SSSR count). The van der Waals surface area contributed by atoms with Gasteiger partial charge in [-0.15, -0.1) is 0 Å². The van der Waals surface area contributed by atoms with Gasteiger partial charge in [-0.2, -0.15) is 0 Å². The summed E-state index contributed by atoms with van der Waals surface area (Å²) < 4.78 is 0. The van der Waals surface area contributed by atoms with E-state index in [0.717, 1.165) is 6.54 Å². The molecule has 0 aromatic carbocycles. The van der Waals surface area contributed by atoms with E-state index in [9.17, 15) is 0 Å². The van der Waals surface area contributed by atoms with Crippen molar-refractivity contribution < 1.29 is 0 Å². The van der Waals surface area contributed by atoms with Gasteiger partial charge in [0.15, 0.2) is 5.11 Å². The molecular formula is C6H17N3S. The zero-order valence-corrected chi connectivity index (χ0v) is 7.93. The van der Waals surface area contributed by atoms with Crippen LogP contribution in [0, 0.1) is 0 Å². The van der Waals surface area contributed by atoms with Crippen molar-refractivity contribution >= 4 is 17.3 Å². The fourth-order valence-electron chi connectivity index (χ4n) is 0.231.